The molecule has 5 N–H and O–H groups in total. The molecule has 0 unspecified atom stereocenters. The lowest BCUT2D eigenvalue weighted by atomic mass is 10.2. The van der Waals surface area contributed by atoms with Gasteiger partial charge in [-0.2, -0.15) is 0 Å². The average molecular weight is 244 g/mol. The first kappa shape index (κ1) is 12.1. The van der Waals surface area contributed by atoms with Crippen molar-refractivity contribution in [2.24, 2.45) is 5.73 Å². The molecule has 6 nitrogen and oxygen atoms in total. The number of phenolic OH excluding ortho intramolecular Hbond substituents is 1. The molecule has 1 rings (SSSR count). The molecule has 1 amide bonds. The Hall–Kier alpha value is -1.95. The van der Waals surface area contributed by atoms with Gasteiger partial charge in [0.2, 0.25) is 0 Å². The fourth-order valence-corrected chi connectivity index (χ4v) is 1.31. The van der Waals surface area contributed by atoms with Gasteiger partial charge in [0.05, 0.1) is 17.7 Å². The van der Waals surface area contributed by atoms with Crippen molar-refractivity contribution in [2.75, 3.05) is 7.11 Å². The van der Waals surface area contributed by atoms with Crippen molar-refractivity contribution in [3.05, 3.63) is 22.7 Å². The summed E-state index contributed by atoms with van der Waals surface area (Å²) in [5, 5.41) is 18.6. The van der Waals surface area contributed by atoms with E-state index in [9.17, 15) is 9.90 Å². The van der Waals surface area contributed by atoms with Crippen molar-refractivity contribution in [3.63, 3.8) is 0 Å². The molecule has 0 saturated heterocycles. The number of carbonyl (C=O) groups excluding carboxylic acids is 1. The minimum absolute atomic E-state index is 0.0824. The Labute approximate surface area is 96.5 Å². The van der Waals surface area contributed by atoms with E-state index < -0.39 is 11.9 Å². The number of ether oxygens (including phenoxy) is 1. The fraction of sp³-hybridized carbons (Fsp3) is 0.111. The Bertz CT molecular complexity index is 448. The lowest BCUT2D eigenvalue weighted by Gasteiger charge is -2.08. The summed E-state index contributed by atoms with van der Waals surface area (Å²) < 4.78 is 4.85. The lowest BCUT2D eigenvalue weighted by molar-refractivity contribution is 0.0974. The first-order valence-electron chi connectivity index (χ1n) is 4.17. The van der Waals surface area contributed by atoms with Crippen molar-refractivity contribution in [1.82, 2.24) is 5.32 Å². The van der Waals surface area contributed by atoms with Crippen LogP contribution in [0.2, 0.25) is 5.02 Å². The van der Waals surface area contributed by atoms with Crippen LogP contribution in [0.15, 0.2) is 12.1 Å². The molecule has 86 valence electrons. The van der Waals surface area contributed by atoms with E-state index in [2.05, 4.69) is 0 Å². The van der Waals surface area contributed by atoms with E-state index in [4.69, 9.17) is 27.5 Å². The predicted molar refractivity (Wildman–Crippen MR) is 59.0 cm³/mol. The number of nitrogens with one attached hydrogen (secondary N) is 2. The molecule has 1 aromatic carbocycles. The van der Waals surface area contributed by atoms with Crippen LogP contribution >= 0.6 is 11.6 Å². The van der Waals surface area contributed by atoms with Crippen molar-refractivity contribution in [1.29, 1.82) is 5.41 Å². The zero-order valence-electron chi connectivity index (χ0n) is 8.37. The molecule has 0 atom stereocenters. The predicted octanol–water partition coefficient (Wildman–Crippen LogP) is 0.677. The van der Waals surface area contributed by atoms with Gasteiger partial charge in [0.25, 0.3) is 5.91 Å². The van der Waals surface area contributed by atoms with Gasteiger partial charge >= 0.3 is 0 Å². The van der Waals surface area contributed by atoms with Gasteiger partial charge in [0.1, 0.15) is 11.5 Å². The van der Waals surface area contributed by atoms with Crippen LogP contribution in [0.3, 0.4) is 0 Å². The van der Waals surface area contributed by atoms with Crippen LogP contribution in [0.1, 0.15) is 10.4 Å². The van der Waals surface area contributed by atoms with Crippen LogP contribution < -0.4 is 15.8 Å². The van der Waals surface area contributed by atoms with E-state index in [0.717, 1.165) is 0 Å². The van der Waals surface area contributed by atoms with Crippen LogP contribution in [0.25, 0.3) is 0 Å². The van der Waals surface area contributed by atoms with E-state index in [1.807, 2.05) is 5.32 Å². The number of hydrogen-bond donors (Lipinski definition) is 4. The fourth-order valence-electron chi connectivity index (χ4n) is 1.07. The summed E-state index contributed by atoms with van der Waals surface area (Å²) in [6.07, 6.45) is 0. The molecule has 0 spiro atoms. The number of phenols is 1. The summed E-state index contributed by atoms with van der Waals surface area (Å²) in [6, 6.07) is 2.44. The molecule has 7 heteroatoms. The van der Waals surface area contributed by atoms with Gasteiger partial charge in [0, 0.05) is 6.07 Å². The van der Waals surface area contributed by atoms with Gasteiger partial charge in [0.15, 0.2) is 5.96 Å². The molecule has 16 heavy (non-hydrogen) atoms. The molecule has 0 heterocycles. The van der Waals surface area contributed by atoms with Crippen molar-refractivity contribution in [3.8, 4) is 11.5 Å². The summed E-state index contributed by atoms with van der Waals surface area (Å²) in [7, 11) is 1.38. The highest BCUT2D eigenvalue weighted by Crippen LogP contribution is 2.31. The molecule has 0 aliphatic rings. The first-order valence-corrected chi connectivity index (χ1v) is 4.55. The molecule has 0 aromatic heterocycles. The SMILES string of the molecule is COc1cc(O)c(C(=O)NC(=N)N)cc1Cl. The Kier molecular flexibility index (Phi) is 3.57. The molecule has 0 radical (unpaired) electrons. The van der Waals surface area contributed by atoms with Crippen LogP contribution in [-0.4, -0.2) is 24.1 Å². The normalized spacial score (nSPS) is 9.62. The van der Waals surface area contributed by atoms with Crippen LogP contribution in [-0.2, 0) is 0 Å². The highest BCUT2D eigenvalue weighted by molar-refractivity contribution is 6.32. The molecule has 0 fully saturated rings. The van der Waals surface area contributed by atoms with E-state index in [1.165, 1.54) is 19.2 Å². The second-order valence-corrected chi connectivity index (χ2v) is 3.28. The maximum atomic E-state index is 11.4. The number of carbonyl (C=O) groups is 1. The van der Waals surface area contributed by atoms with Crippen molar-refractivity contribution < 1.29 is 14.6 Å². The van der Waals surface area contributed by atoms with E-state index >= 15 is 0 Å². The van der Waals surface area contributed by atoms with Crippen LogP contribution in [0, 0.1) is 5.41 Å². The number of rotatable bonds is 2. The summed E-state index contributed by atoms with van der Waals surface area (Å²) in [5.74, 6) is -1.29. The van der Waals surface area contributed by atoms with Gasteiger partial charge in [-0.05, 0) is 6.07 Å². The second kappa shape index (κ2) is 4.71. The molecular formula is C9H10ClN3O3. The third-order valence-electron chi connectivity index (χ3n) is 1.76. The second-order valence-electron chi connectivity index (χ2n) is 2.87. The molecule has 0 aliphatic heterocycles. The lowest BCUT2D eigenvalue weighted by Crippen LogP contribution is -2.35. The van der Waals surface area contributed by atoms with Gasteiger partial charge in [-0.1, -0.05) is 11.6 Å². The Morgan fingerprint density at radius 3 is 2.75 bits per heavy atom. The standard InChI is InChI=1S/C9H10ClN3O3/c1-16-7-3-6(14)4(2-5(7)10)8(15)13-9(11)12/h2-3,14H,1H3,(H4,11,12,13,15). The first-order chi connectivity index (χ1) is 7.45. The molecule has 0 bridgehead atoms. The van der Waals surface area contributed by atoms with Gasteiger partial charge in [-0.25, -0.2) is 0 Å². The van der Waals surface area contributed by atoms with Gasteiger partial charge in [-0.3, -0.25) is 15.5 Å². The maximum Gasteiger partial charge on any atom is 0.261 e. The molecule has 0 saturated carbocycles. The number of guanidine groups is 1. The summed E-state index contributed by atoms with van der Waals surface area (Å²) in [4.78, 5) is 11.4. The van der Waals surface area contributed by atoms with Gasteiger partial charge < -0.3 is 15.6 Å². The summed E-state index contributed by atoms with van der Waals surface area (Å²) in [6.45, 7) is 0. The topological polar surface area (TPSA) is 108 Å². The van der Waals surface area contributed by atoms with Crippen molar-refractivity contribution >= 4 is 23.5 Å². The van der Waals surface area contributed by atoms with Crippen molar-refractivity contribution in [2.45, 2.75) is 0 Å². The summed E-state index contributed by atoms with van der Waals surface area (Å²) in [5.41, 5.74) is 4.90. The van der Waals surface area contributed by atoms with Crippen LogP contribution in [0.4, 0.5) is 0 Å². The zero-order valence-corrected chi connectivity index (χ0v) is 9.13. The summed E-state index contributed by atoms with van der Waals surface area (Å²) >= 11 is 5.78. The molecule has 1 aromatic rings. The highest BCUT2D eigenvalue weighted by atomic mass is 35.5. The van der Waals surface area contributed by atoms with Gasteiger partial charge in [-0.15, -0.1) is 0 Å². The number of methoxy groups -OCH3 is 1. The van der Waals surface area contributed by atoms with E-state index in [1.54, 1.807) is 0 Å². The molecular weight excluding hydrogens is 234 g/mol. The Morgan fingerprint density at radius 2 is 2.25 bits per heavy atom. The number of nitrogens with two attached hydrogens (primary N) is 1. The Balaban J connectivity index is 3.10. The third kappa shape index (κ3) is 2.54. The Morgan fingerprint density at radius 1 is 1.62 bits per heavy atom. The highest BCUT2D eigenvalue weighted by Gasteiger charge is 2.15. The smallest absolute Gasteiger partial charge is 0.261 e. The van der Waals surface area contributed by atoms with Crippen LogP contribution in [0.5, 0.6) is 11.5 Å². The third-order valence-corrected chi connectivity index (χ3v) is 2.06. The maximum absolute atomic E-state index is 11.4. The van der Waals surface area contributed by atoms with E-state index in [-0.39, 0.29) is 22.1 Å². The minimum atomic E-state index is -0.713. The van der Waals surface area contributed by atoms with E-state index in [0.29, 0.717) is 0 Å². The minimum Gasteiger partial charge on any atom is -0.507 e. The number of benzene rings is 1. The monoisotopic (exact) mass is 243 g/mol. The number of hydrogen-bond acceptors (Lipinski definition) is 4. The quantitative estimate of drug-likeness (QED) is 0.452. The number of amides is 1. The largest absolute Gasteiger partial charge is 0.507 e. The number of aromatic hydroxyl groups is 1. The average Bonchev–Trinajstić information content (AvgIpc) is 2.19. The molecule has 0 aliphatic carbocycles. The zero-order chi connectivity index (χ0) is 12.3. The number of halogens is 1.